The van der Waals surface area contributed by atoms with Gasteiger partial charge in [0.1, 0.15) is 0 Å². The molecule has 2 aromatic rings. The molecule has 3 rings (SSSR count). The smallest absolute Gasteiger partial charge is 0.252 e. The van der Waals surface area contributed by atoms with Crippen LogP contribution in [0.3, 0.4) is 0 Å². The first-order chi connectivity index (χ1) is 12.9. The number of nitrogens with one attached hydrogen (secondary N) is 1. The maximum absolute atomic E-state index is 13.1. The third-order valence-corrected chi connectivity index (χ3v) is 6.90. The molecule has 1 heterocycles. The van der Waals surface area contributed by atoms with Gasteiger partial charge in [0.05, 0.1) is 15.5 Å². The molecule has 0 spiro atoms. The molecule has 7 heteroatoms. The van der Waals surface area contributed by atoms with Crippen molar-refractivity contribution in [3.8, 4) is 0 Å². The summed E-state index contributed by atoms with van der Waals surface area (Å²) in [5.41, 5.74) is 2.38. The van der Waals surface area contributed by atoms with E-state index in [-0.39, 0.29) is 21.4 Å². The number of sulfonamides is 1. The van der Waals surface area contributed by atoms with Gasteiger partial charge < -0.3 is 5.32 Å². The second kappa shape index (κ2) is 8.42. The SMILES string of the molecule is CCCCNC(=O)c1cc(S(=O)(=O)N2CCc3ccccc3C2)ccc1Cl. The van der Waals surface area contributed by atoms with E-state index in [4.69, 9.17) is 11.6 Å². The molecule has 0 aromatic heterocycles. The van der Waals surface area contributed by atoms with Gasteiger partial charge in [0, 0.05) is 19.6 Å². The van der Waals surface area contributed by atoms with Crippen molar-refractivity contribution in [1.82, 2.24) is 9.62 Å². The number of carbonyl (C=O) groups excluding carboxylic acids is 1. The van der Waals surface area contributed by atoms with E-state index in [1.54, 1.807) is 0 Å². The van der Waals surface area contributed by atoms with Crippen molar-refractivity contribution in [2.24, 2.45) is 0 Å². The molecule has 0 saturated heterocycles. The summed E-state index contributed by atoms with van der Waals surface area (Å²) in [6, 6.07) is 12.2. The first-order valence-electron chi connectivity index (χ1n) is 9.08. The van der Waals surface area contributed by atoms with Crippen LogP contribution >= 0.6 is 11.6 Å². The highest BCUT2D eigenvalue weighted by molar-refractivity contribution is 7.89. The molecule has 1 aliphatic rings. The minimum atomic E-state index is -3.71. The van der Waals surface area contributed by atoms with E-state index in [0.717, 1.165) is 18.4 Å². The highest BCUT2D eigenvalue weighted by atomic mass is 35.5. The first kappa shape index (κ1) is 19.9. The van der Waals surface area contributed by atoms with Gasteiger partial charge >= 0.3 is 0 Å². The lowest BCUT2D eigenvalue weighted by Gasteiger charge is -2.28. The quantitative estimate of drug-likeness (QED) is 0.745. The Morgan fingerprint density at radius 1 is 1.19 bits per heavy atom. The van der Waals surface area contributed by atoms with E-state index in [9.17, 15) is 13.2 Å². The Hall–Kier alpha value is -1.89. The second-order valence-electron chi connectivity index (χ2n) is 6.61. The number of hydrogen-bond donors (Lipinski definition) is 1. The molecule has 0 bridgehead atoms. The van der Waals surface area contributed by atoms with Crippen LogP contribution in [0.25, 0.3) is 0 Å². The van der Waals surface area contributed by atoms with Crippen LogP contribution in [0, 0.1) is 0 Å². The van der Waals surface area contributed by atoms with Gasteiger partial charge in [-0.25, -0.2) is 8.42 Å². The molecule has 0 unspecified atom stereocenters. The Labute approximate surface area is 165 Å². The van der Waals surface area contributed by atoms with Crippen molar-refractivity contribution in [3.63, 3.8) is 0 Å². The fourth-order valence-electron chi connectivity index (χ4n) is 3.14. The monoisotopic (exact) mass is 406 g/mol. The van der Waals surface area contributed by atoms with E-state index < -0.39 is 10.0 Å². The Morgan fingerprint density at radius 3 is 2.67 bits per heavy atom. The molecule has 144 valence electrons. The molecule has 5 nitrogen and oxygen atoms in total. The van der Waals surface area contributed by atoms with Gasteiger partial charge in [0.2, 0.25) is 10.0 Å². The zero-order valence-corrected chi connectivity index (χ0v) is 16.8. The average molecular weight is 407 g/mol. The van der Waals surface area contributed by atoms with Crippen LogP contribution < -0.4 is 5.32 Å². The summed E-state index contributed by atoms with van der Waals surface area (Å²) in [5, 5.41) is 3.02. The molecule has 0 aliphatic carbocycles. The Morgan fingerprint density at radius 2 is 1.93 bits per heavy atom. The largest absolute Gasteiger partial charge is 0.352 e. The zero-order chi connectivity index (χ0) is 19.4. The number of halogens is 1. The minimum absolute atomic E-state index is 0.0897. The predicted octanol–water partition coefficient (Wildman–Crippen LogP) is 3.62. The standard InChI is InChI=1S/C20H23ClN2O3S/c1-2-3-11-22-20(24)18-13-17(8-9-19(18)21)27(25,26)23-12-10-15-6-4-5-7-16(15)14-23/h4-9,13H,2-3,10-12,14H2,1H3,(H,22,24). The van der Waals surface area contributed by atoms with E-state index in [0.29, 0.717) is 26.1 Å². The van der Waals surface area contributed by atoms with Gasteiger partial charge in [-0.05, 0) is 42.2 Å². The molecule has 0 fully saturated rings. The Bertz CT molecular complexity index is 944. The Kier molecular flexibility index (Phi) is 6.19. The van der Waals surface area contributed by atoms with Crippen molar-refractivity contribution in [2.45, 2.75) is 37.6 Å². The third kappa shape index (κ3) is 4.34. The summed E-state index contributed by atoms with van der Waals surface area (Å²) in [7, 11) is -3.71. The van der Waals surface area contributed by atoms with Gasteiger partial charge in [-0.15, -0.1) is 0 Å². The van der Waals surface area contributed by atoms with Crippen LogP contribution in [-0.4, -0.2) is 31.7 Å². The molecule has 0 radical (unpaired) electrons. The summed E-state index contributed by atoms with van der Waals surface area (Å²) in [6.07, 6.45) is 2.49. The van der Waals surface area contributed by atoms with Gasteiger partial charge in [-0.3, -0.25) is 4.79 Å². The van der Waals surface area contributed by atoms with E-state index in [2.05, 4.69) is 5.32 Å². The third-order valence-electron chi connectivity index (χ3n) is 4.73. The van der Waals surface area contributed by atoms with E-state index in [1.807, 2.05) is 31.2 Å². The number of unbranched alkanes of at least 4 members (excludes halogenated alkanes) is 1. The maximum atomic E-state index is 13.1. The number of fused-ring (bicyclic) bond motifs is 1. The number of benzene rings is 2. The second-order valence-corrected chi connectivity index (χ2v) is 8.95. The first-order valence-corrected chi connectivity index (χ1v) is 10.9. The zero-order valence-electron chi connectivity index (χ0n) is 15.2. The average Bonchev–Trinajstić information content (AvgIpc) is 2.67. The van der Waals surface area contributed by atoms with Crippen LogP contribution in [0.4, 0.5) is 0 Å². The van der Waals surface area contributed by atoms with Crippen molar-refractivity contribution in [3.05, 3.63) is 64.2 Å². The summed E-state index contributed by atoms with van der Waals surface area (Å²) in [6.45, 7) is 3.31. The summed E-state index contributed by atoms with van der Waals surface area (Å²) in [5.74, 6) is -0.352. The van der Waals surface area contributed by atoms with Crippen LogP contribution in [0.15, 0.2) is 47.4 Å². The lowest BCUT2D eigenvalue weighted by molar-refractivity contribution is 0.0953. The number of hydrogen-bond acceptors (Lipinski definition) is 3. The van der Waals surface area contributed by atoms with E-state index >= 15 is 0 Å². The highest BCUT2D eigenvalue weighted by Crippen LogP contribution is 2.27. The number of amides is 1. The van der Waals surface area contributed by atoms with Crippen molar-refractivity contribution < 1.29 is 13.2 Å². The van der Waals surface area contributed by atoms with Gasteiger partial charge in [0.15, 0.2) is 0 Å². The van der Waals surface area contributed by atoms with Crippen molar-refractivity contribution in [1.29, 1.82) is 0 Å². The maximum Gasteiger partial charge on any atom is 0.252 e. The van der Waals surface area contributed by atoms with Gasteiger partial charge in [0.25, 0.3) is 5.91 Å². The molecule has 1 amide bonds. The number of rotatable bonds is 6. The van der Waals surface area contributed by atoms with Crippen molar-refractivity contribution in [2.75, 3.05) is 13.1 Å². The normalized spacial score (nSPS) is 14.6. The molecule has 2 aromatic carbocycles. The summed E-state index contributed by atoms with van der Waals surface area (Å²) < 4.78 is 27.6. The van der Waals surface area contributed by atoms with Gasteiger partial charge in [-0.2, -0.15) is 4.31 Å². The van der Waals surface area contributed by atoms with Gasteiger partial charge in [-0.1, -0.05) is 49.2 Å². The summed E-state index contributed by atoms with van der Waals surface area (Å²) in [4.78, 5) is 12.4. The number of nitrogens with zero attached hydrogens (tertiary/aromatic N) is 1. The topological polar surface area (TPSA) is 66.5 Å². The molecular formula is C20H23ClN2O3S. The molecule has 1 aliphatic heterocycles. The van der Waals surface area contributed by atoms with Crippen LogP contribution in [-0.2, 0) is 23.0 Å². The lowest BCUT2D eigenvalue weighted by Crippen LogP contribution is -2.36. The molecular weight excluding hydrogens is 384 g/mol. The summed E-state index contributed by atoms with van der Waals surface area (Å²) >= 11 is 6.14. The Balaban J connectivity index is 1.85. The predicted molar refractivity (Wildman–Crippen MR) is 106 cm³/mol. The lowest BCUT2D eigenvalue weighted by atomic mass is 10.0. The molecule has 1 N–H and O–H groups in total. The fourth-order valence-corrected chi connectivity index (χ4v) is 4.79. The fraction of sp³-hybridized carbons (Fsp3) is 0.350. The van der Waals surface area contributed by atoms with Crippen LogP contribution in [0.1, 0.15) is 41.3 Å². The van der Waals surface area contributed by atoms with Crippen molar-refractivity contribution >= 4 is 27.5 Å². The highest BCUT2D eigenvalue weighted by Gasteiger charge is 2.29. The van der Waals surface area contributed by atoms with E-state index in [1.165, 1.54) is 28.1 Å². The number of carbonyl (C=O) groups is 1. The minimum Gasteiger partial charge on any atom is -0.352 e. The van der Waals surface area contributed by atoms with Crippen LogP contribution in [0.5, 0.6) is 0 Å². The molecule has 0 atom stereocenters. The van der Waals surface area contributed by atoms with Crippen LogP contribution in [0.2, 0.25) is 5.02 Å². The molecule has 0 saturated carbocycles. The molecule has 27 heavy (non-hydrogen) atoms.